The van der Waals surface area contributed by atoms with Gasteiger partial charge in [-0.15, -0.1) is 0 Å². The Bertz CT molecular complexity index is 236. The van der Waals surface area contributed by atoms with E-state index in [1.807, 2.05) is 0 Å². The van der Waals surface area contributed by atoms with Gasteiger partial charge in [0.1, 0.15) is 0 Å². The maximum absolute atomic E-state index is 5.59. The van der Waals surface area contributed by atoms with Gasteiger partial charge in [0.25, 0.3) is 0 Å². The molecule has 0 spiro atoms. The first-order chi connectivity index (χ1) is 9.08. The van der Waals surface area contributed by atoms with Gasteiger partial charge >= 0.3 is 0 Å². The van der Waals surface area contributed by atoms with Crippen LogP contribution in [-0.4, -0.2) is 55.0 Å². The standard InChI is InChI=1S/C14H33N5/c1-6-18(7-2)10-9-11-19(8-3)14(17-15)16-12-13(4)5/h13H,6-12,15H2,1-5H3,(H,16,17). The molecule has 0 heterocycles. The highest BCUT2D eigenvalue weighted by Gasteiger charge is 2.09. The maximum atomic E-state index is 5.59. The summed E-state index contributed by atoms with van der Waals surface area (Å²) in [5.74, 6) is 6.96. The van der Waals surface area contributed by atoms with E-state index in [0.29, 0.717) is 5.92 Å². The van der Waals surface area contributed by atoms with E-state index in [2.05, 4.69) is 54.8 Å². The monoisotopic (exact) mass is 271 g/mol. The summed E-state index contributed by atoms with van der Waals surface area (Å²) in [7, 11) is 0. The van der Waals surface area contributed by atoms with Crippen molar-refractivity contribution in [2.24, 2.45) is 16.8 Å². The molecule has 0 amide bonds. The lowest BCUT2D eigenvalue weighted by atomic mass is 10.2. The molecule has 3 N–H and O–H groups in total. The van der Waals surface area contributed by atoms with Crippen LogP contribution in [0.15, 0.2) is 4.99 Å². The molecule has 0 aromatic rings. The van der Waals surface area contributed by atoms with Crippen molar-refractivity contribution < 1.29 is 0 Å². The highest BCUT2D eigenvalue weighted by Crippen LogP contribution is 1.98. The van der Waals surface area contributed by atoms with Crippen molar-refractivity contribution in [2.75, 3.05) is 39.3 Å². The zero-order valence-electron chi connectivity index (χ0n) is 13.4. The van der Waals surface area contributed by atoms with Gasteiger partial charge in [-0.05, 0) is 38.9 Å². The molecular weight excluding hydrogens is 238 g/mol. The molecule has 0 aliphatic heterocycles. The normalized spacial score (nSPS) is 12.3. The van der Waals surface area contributed by atoms with Gasteiger partial charge in [-0.2, -0.15) is 0 Å². The molecular formula is C14H33N5. The fourth-order valence-corrected chi connectivity index (χ4v) is 1.94. The summed E-state index contributed by atoms with van der Waals surface area (Å²) in [5, 5.41) is 0. The van der Waals surface area contributed by atoms with Crippen LogP contribution in [0, 0.1) is 5.92 Å². The van der Waals surface area contributed by atoms with Gasteiger partial charge in [0.2, 0.25) is 5.96 Å². The van der Waals surface area contributed by atoms with Crippen molar-refractivity contribution in [1.82, 2.24) is 15.2 Å². The molecule has 0 bridgehead atoms. The number of rotatable bonds is 9. The van der Waals surface area contributed by atoms with Crippen molar-refractivity contribution in [3.63, 3.8) is 0 Å². The van der Waals surface area contributed by atoms with Crippen LogP contribution in [0.3, 0.4) is 0 Å². The summed E-state index contributed by atoms with van der Waals surface area (Å²) in [6, 6.07) is 0. The number of hydrazine groups is 1. The van der Waals surface area contributed by atoms with Crippen LogP contribution in [0.1, 0.15) is 41.0 Å². The van der Waals surface area contributed by atoms with E-state index in [1.165, 1.54) is 0 Å². The van der Waals surface area contributed by atoms with E-state index in [1.54, 1.807) is 0 Å². The number of nitrogens with zero attached hydrogens (tertiary/aromatic N) is 3. The van der Waals surface area contributed by atoms with Crippen LogP contribution in [0.25, 0.3) is 0 Å². The second-order valence-corrected chi connectivity index (χ2v) is 5.16. The van der Waals surface area contributed by atoms with Crippen molar-refractivity contribution in [1.29, 1.82) is 0 Å². The first-order valence-corrected chi connectivity index (χ1v) is 7.57. The molecule has 0 aliphatic carbocycles. The fraction of sp³-hybridized carbons (Fsp3) is 0.929. The van der Waals surface area contributed by atoms with E-state index >= 15 is 0 Å². The van der Waals surface area contributed by atoms with Gasteiger partial charge in [0.05, 0.1) is 0 Å². The minimum atomic E-state index is 0.553. The molecule has 0 aliphatic rings. The molecule has 0 aromatic heterocycles. The zero-order chi connectivity index (χ0) is 14.7. The number of nitrogens with two attached hydrogens (primary N) is 1. The minimum Gasteiger partial charge on any atom is -0.342 e. The predicted octanol–water partition coefficient (Wildman–Crippen LogP) is 1.52. The number of hydrogen-bond donors (Lipinski definition) is 2. The SMILES string of the molecule is CCN(CC)CCCN(CC)C(=NCC(C)C)NN. The first-order valence-electron chi connectivity index (χ1n) is 7.57. The quantitative estimate of drug-likeness (QED) is 0.289. The number of nitrogens with one attached hydrogen (secondary N) is 1. The molecule has 0 radical (unpaired) electrons. The summed E-state index contributed by atoms with van der Waals surface area (Å²) in [4.78, 5) is 9.20. The smallest absolute Gasteiger partial charge is 0.208 e. The molecule has 0 saturated carbocycles. The Balaban J connectivity index is 4.26. The average Bonchev–Trinajstić information content (AvgIpc) is 2.41. The topological polar surface area (TPSA) is 56.9 Å². The average molecular weight is 271 g/mol. The summed E-state index contributed by atoms with van der Waals surface area (Å²) in [6.45, 7) is 17.0. The van der Waals surface area contributed by atoms with Crippen molar-refractivity contribution in [3.8, 4) is 0 Å². The van der Waals surface area contributed by atoms with Gasteiger partial charge in [-0.3, -0.25) is 10.4 Å². The Morgan fingerprint density at radius 2 is 1.74 bits per heavy atom. The second kappa shape index (κ2) is 11.1. The van der Waals surface area contributed by atoms with Gasteiger partial charge in [-0.1, -0.05) is 27.7 Å². The number of aliphatic imine (C=N–C) groups is 1. The molecule has 0 rings (SSSR count). The molecule has 19 heavy (non-hydrogen) atoms. The summed E-state index contributed by atoms with van der Waals surface area (Å²) >= 11 is 0. The Hall–Kier alpha value is -0.810. The zero-order valence-corrected chi connectivity index (χ0v) is 13.4. The highest BCUT2D eigenvalue weighted by atomic mass is 15.4. The molecule has 114 valence electrons. The number of guanidine groups is 1. The van der Waals surface area contributed by atoms with Crippen LogP contribution in [0.5, 0.6) is 0 Å². The van der Waals surface area contributed by atoms with Crippen LogP contribution in [0.2, 0.25) is 0 Å². The lowest BCUT2D eigenvalue weighted by Gasteiger charge is -2.26. The van der Waals surface area contributed by atoms with Crippen LogP contribution < -0.4 is 11.3 Å². The molecule has 0 aromatic carbocycles. The molecule has 5 nitrogen and oxygen atoms in total. The van der Waals surface area contributed by atoms with Crippen LogP contribution in [-0.2, 0) is 0 Å². The first kappa shape index (κ1) is 18.2. The van der Waals surface area contributed by atoms with E-state index in [4.69, 9.17) is 5.84 Å². The van der Waals surface area contributed by atoms with E-state index in [9.17, 15) is 0 Å². The van der Waals surface area contributed by atoms with Gasteiger partial charge < -0.3 is 9.80 Å². The third kappa shape index (κ3) is 8.06. The van der Waals surface area contributed by atoms with E-state index < -0.39 is 0 Å². The molecule has 0 unspecified atom stereocenters. The Morgan fingerprint density at radius 1 is 1.11 bits per heavy atom. The molecule has 0 saturated heterocycles. The van der Waals surface area contributed by atoms with Crippen molar-refractivity contribution in [3.05, 3.63) is 0 Å². The highest BCUT2D eigenvalue weighted by molar-refractivity contribution is 5.79. The van der Waals surface area contributed by atoms with E-state index in [-0.39, 0.29) is 0 Å². The van der Waals surface area contributed by atoms with E-state index in [0.717, 1.165) is 51.6 Å². The van der Waals surface area contributed by atoms with Gasteiger partial charge in [0, 0.05) is 19.6 Å². The van der Waals surface area contributed by atoms with Gasteiger partial charge in [-0.25, -0.2) is 5.84 Å². The Kier molecular flexibility index (Phi) is 10.6. The van der Waals surface area contributed by atoms with Crippen LogP contribution >= 0.6 is 0 Å². The Morgan fingerprint density at radius 3 is 2.16 bits per heavy atom. The minimum absolute atomic E-state index is 0.553. The molecule has 0 atom stereocenters. The van der Waals surface area contributed by atoms with Crippen molar-refractivity contribution in [2.45, 2.75) is 41.0 Å². The largest absolute Gasteiger partial charge is 0.342 e. The lowest BCUT2D eigenvalue weighted by Crippen LogP contribution is -2.46. The lowest BCUT2D eigenvalue weighted by molar-refractivity contribution is 0.282. The predicted molar refractivity (Wildman–Crippen MR) is 84.1 cm³/mol. The molecule has 0 fully saturated rings. The summed E-state index contributed by atoms with van der Waals surface area (Å²) < 4.78 is 0. The maximum Gasteiger partial charge on any atom is 0.208 e. The second-order valence-electron chi connectivity index (χ2n) is 5.16. The third-order valence-corrected chi connectivity index (χ3v) is 3.21. The number of hydrogen-bond acceptors (Lipinski definition) is 3. The summed E-state index contributed by atoms with van der Waals surface area (Å²) in [6.07, 6.45) is 1.14. The Labute approximate surface area is 119 Å². The third-order valence-electron chi connectivity index (χ3n) is 3.21. The fourth-order valence-electron chi connectivity index (χ4n) is 1.94. The van der Waals surface area contributed by atoms with Gasteiger partial charge in [0.15, 0.2) is 0 Å². The van der Waals surface area contributed by atoms with Crippen LogP contribution in [0.4, 0.5) is 0 Å². The van der Waals surface area contributed by atoms with Crippen molar-refractivity contribution >= 4 is 5.96 Å². The summed E-state index contributed by atoms with van der Waals surface area (Å²) in [5.41, 5.74) is 2.74. The molecule has 5 heteroatoms.